The van der Waals surface area contributed by atoms with Gasteiger partial charge in [-0.3, -0.25) is 14.6 Å². The first-order valence-corrected chi connectivity index (χ1v) is 5.31. The van der Waals surface area contributed by atoms with Gasteiger partial charge in [0.2, 0.25) is 0 Å². The molecule has 2 aromatic rings. The molecule has 18 heavy (non-hydrogen) atoms. The molecule has 3 rings (SSSR count). The van der Waals surface area contributed by atoms with Crippen molar-refractivity contribution in [2.24, 2.45) is 0 Å². The Bertz CT molecular complexity index is 688. The van der Waals surface area contributed by atoms with E-state index in [2.05, 4.69) is 4.98 Å². The van der Waals surface area contributed by atoms with Gasteiger partial charge in [0.1, 0.15) is 11.3 Å². The summed E-state index contributed by atoms with van der Waals surface area (Å²) in [4.78, 5) is 28.4. The smallest absolute Gasteiger partial charge is 0.258 e. The first-order chi connectivity index (χ1) is 8.68. The zero-order valence-electron chi connectivity index (χ0n) is 9.20. The molecule has 1 N–H and O–H groups in total. The maximum absolute atomic E-state index is 11.6. The van der Waals surface area contributed by atoms with Crippen LogP contribution >= 0.6 is 0 Å². The SMILES string of the molecule is O=C1C=CC(=O)N1c1ccc(O)c2ncccc12. The Labute approximate surface area is 102 Å². The van der Waals surface area contributed by atoms with Crippen LogP contribution < -0.4 is 4.90 Å². The number of benzene rings is 1. The van der Waals surface area contributed by atoms with Crippen LogP contribution in [-0.2, 0) is 9.59 Å². The number of hydrogen-bond acceptors (Lipinski definition) is 4. The van der Waals surface area contributed by atoms with Crippen LogP contribution in [-0.4, -0.2) is 21.9 Å². The largest absolute Gasteiger partial charge is 0.506 e. The number of fused-ring (bicyclic) bond motifs is 1. The number of aromatic hydroxyl groups is 1. The number of carbonyl (C=O) groups excluding carboxylic acids is 2. The maximum atomic E-state index is 11.6. The van der Waals surface area contributed by atoms with Crippen molar-refractivity contribution in [1.29, 1.82) is 0 Å². The number of imide groups is 1. The Balaban J connectivity index is 2.28. The predicted molar refractivity (Wildman–Crippen MR) is 65.0 cm³/mol. The van der Waals surface area contributed by atoms with Crippen molar-refractivity contribution in [3.63, 3.8) is 0 Å². The summed E-state index contributed by atoms with van der Waals surface area (Å²) in [6.07, 6.45) is 3.98. The van der Waals surface area contributed by atoms with Crippen molar-refractivity contribution in [3.8, 4) is 5.75 Å². The quantitative estimate of drug-likeness (QED) is 0.764. The molecule has 0 unspecified atom stereocenters. The minimum absolute atomic E-state index is 0.0152. The summed E-state index contributed by atoms with van der Waals surface area (Å²) in [6, 6.07) is 6.34. The minimum atomic E-state index is -0.393. The van der Waals surface area contributed by atoms with Crippen molar-refractivity contribution in [3.05, 3.63) is 42.6 Å². The van der Waals surface area contributed by atoms with Crippen LogP contribution in [0.1, 0.15) is 0 Å². The molecule has 88 valence electrons. The van der Waals surface area contributed by atoms with Crippen LogP contribution in [0.15, 0.2) is 42.6 Å². The Kier molecular flexibility index (Phi) is 2.13. The fourth-order valence-electron chi connectivity index (χ4n) is 1.98. The van der Waals surface area contributed by atoms with Crippen molar-refractivity contribution in [2.45, 2.75) is 0 Å². The molecule has 0 fully saturated rings. The third-order valence-corrected chi connectivity index (χ3v) is 2.78. The molecule has 0 aliphatic carbocycles. The lowest BCUT2D eigenvalue weighted by Gasteiger charge is -2.16. The number of hydrogen-bond donors (Lipinski definition) is 1. The molecular formula is C13H8N2O3. The highest BCUT2D eigenvalue weighted by molar-refractivity contribution is 6.30. The summed E-state index contributed by atoms with van der Waals surface area (Å²) >= 11 is 0. The van der Waals surface area contributed by atoms with Gasteiger partial charge < -0.3 is 5.11 Å². The molecule has 5 nitrogen and oxygen atoms in total. The van der Waals surface area contributed by atoms with Crippen LogP contribution in [0.4, 0.5) is 5.69 Å². The molecule has 1 aliphatic heterocycles. The van der Waals surface area contributed by atoms with E-state index >= 15 is 0 Å². The lowest BCUT2D eigenvalue weighted by molar-refractivity contribution is -0.119. The van der Waals surface area contributed by atoms with E-state index in [0.29, 0.717) is 16.6 Å². The molecule has 5 heteroatoms. The third kappa shape index (κ3) is 1.37. The summed E-state index contributed by atoms with van der Waals surface area (Å²) in [5.41, 5.74) is 0.790. The van der Waals surface area contributed by atoms with Gasteiger partial charge in [0.25, 0.3) is 11.8 Å². The molecule has 2 amide bonds. The lowest BCUT2D eigenvalue weighted by Crippen LogP contribution is -2.29. The molecule has 1 aromatic carbocycles. The van der Waals surface area contributed by atoms with Crippen molar-refractivity contribution in [1.82, 2.24) is 4.98 Å². The highest BCUT2D eigenvalue weighted by Crippen LogP contribution is 2.32. The number of rotatable bonds is 1. The average Bonchev–Trinajstić information content (AvgIpc) is 2.71. The number of pyridine rings is 1. The Hall–Kier alpha value is -2.69. The number of anilines is 1. The molecule has 1 aliphatic rings. The van der Waals surface area contributed by atoms with Crippen molar-refractivity contribution >= 4 is 28.4 Å². The second-order valence-electron chi connectivity index (χ2n) is 3.85. The van der Waals surface area contributed by atoms with Crippen LogP contribution in [0.3, 0.4) is 0 Å². The van der Waals surface area contributed by atoms with Crippen molar-refractivity contribution in [2.75, 3.05) is 4.90 Å². The molecule has 2 heterocycles. The van der Waals surface area contributed by atoms with E-state index in [1.165, 1.54) is 30.5 Å². The lowest BCUT2D eigenvalue weighted by atomic mass is 10.1. The first-order valence-electron chi connectivity index (χ1n) is 5.31. The van der Waals surface area contributed by atoms with Gasteiger partial charge in [-0.15, -0.1) is 0 Å². The van der Waals surface area contributed by atoms with Gasteiger partial charge in [-0.1, -0.05) is 0 Å². The topological polar surface area (TPSA) is 70.5 Å². The van der Waals surface area contributed by atoms with E-state index in [-0.39, 0.29) is 5.75 Å². The van der Waals surface area contributed by atoms with Crippen LogP contribution in [0.2, 0.25) is 0 Å². The van der Waals surface area contributed by atoms with Gasteiger partial charge in [-0.05, 0) is 24.3 Å². The number of phenolic OH excluding ortho intramolecular Hbond substituents is 1. The number of nitrogens with zero attached hydrogens (tertiary/aromatic N) is 2. The maximum Gasteiger partial charge on any atom is 0.258 e. The number of carbonyl (C=O) groups is 2. The molecule has 0 saturated heterocycles. The summed E-state index contributed by atoms with van der Waals surface area (Å²) in [5, 5.41) is 10.3. The standard InChI is InChI=1S/C13H8N2O3/c16-10-4-3-9(8-2-1-7-14-13(8)10)15-11(17)5-6-12(15)18/h1-7,16H. The highest BCUT2D eigenvalue weighted by Gasteiger charge is 2.27. The second-order valence-corrected chi connectivity index (χ2v) is 3.85. The molecule has 0 atom stereocenters. The van der Waals surface area contributed by atoms with E-state index < -0.39 is 11.8 Å². The number of phenols is 1. The number of amides is 2. The van der Waals surface area contributed by atoms with Gasteiger partial charge in [0.15, 0.2) is 0 Å². The summed E-state index contributed by atoms with van der Waals surface area (Å²) in [7, 11) is 0. The van der Waals surface area contributed by atoms with Gasteiger partial charge in [-0.25, -0.2) is 4.90 Å². The van der Waals surface area contributed by atoms with Crippen LogP contribution in [0.25, 0.3) is 10.9 Å². The van der Waals surface area contributed by atoms with E-state index in [0.717, 1.165) is 4.90 Å². The Morgan fingerprint density at radius 2 is 1.78 bits per heavy atom. The summed E-state index contributed by atoms with van der Waals surface area (Å²) in [5.74, 6) is -0.770. The zero-order chi connectivity index (χ0) is 12.7. The van der Waals surface area contributed by atoms with Crippen molar-refractivity contribution < 1.29 is 14.7 Å². The molecule has 0 bridgehead atoms. The minimum Gasteiger partial charge on any atom is -0.506 e. The predicted octanol–water partition coefficient (Wildman–Crippen LogP) is 1.37. The average molecular weight is 240 g/mol. The fraction of sp³-hybridized carbons (Fsp3) is 0. The van der Waals surface area contributed by atoms with E-state index in [1.54, 1.807) is 12.1 Å². The van der Waals surface area contributed by atoms with Gasteiger partial charge in [0, 0.05) is 23.7 Å². The zero-order valence-corrected chi connectivity index (χ0v) is 9.20. The molecular weight excluding hydrogens is 232 g/mol. The molecule has 0 radical (unpaired) electrons. The first kappa shape index (κ1) is 10.5. The second kappa shape index (κ2) is 3.66. The monoisotopic (exact) mass is 240 g/mol. The number of aromatic nitrogens is 1. The summed E-state index contributed by atoms with van der Waals surface area (Å²) < 4.78 is 0. The molecule has 0 spiro atoms. The van der Waals surface area contributed by atoms with E-state index in [4.69, 9.17) is 0 Å². The van der Waals surface area contributed by atoms with Gasteiger partial charge >= 0.3 is 0 Å². The van der Waals surface area contributed by atoms with Crippen LogP contribution in [0.5, 0.6) is 5.75 Å². The summed E-state index contributed by atoms with van der Waals surface area (Å²) in [6.45, 7) is 0. The Morgan fingerprint density at radius 1 is 1.06 bits per heavy atom. The molecule has 1 aromatic heterocycles. The van der Waals surface area contributed by atoms with E-state index in [1.807, 2.05) is 0 Å². The van der Waals surface area contributed by atoms with Gasteiger partial charge in [0.05, 0.1) is 5.69 Å². The molecule has 0 saturated carbocycles. The van der Waals surface area contributed by atoms with Crippen LogP contribution in [0, 0.1) is 0 Å². The van der Waals surface area contributed by atoms with Gasteiger partial charge in [-0.2, -0.15) is 0 Å². The normalized spacial score (nSPS) is 14.8. The highest BCUT2D eigenvalue weighted by atomic mass is 16.3. The van der Waals surface area contributed by atoms with E-state index in [9.17, 15) is 14.7 Å². The third-order valence-electron chi connectivity index (χ3n) is 2.78. The fourth-order valence-corrected chi connectivity index (χ4v) is 1.98. The Morgan fingerprint density at radius 3 is 2.50 bits per heavy atom.